The Labute approximate surface area is 114 Å². The third-order valence-electron chi connectivity index (χ3n) is 2.95. The van der Waals surface area contributed by atoms with Crippen LogP contribution in [0.4, 0.5) is 10.3 Å². The van der Waals surface area contributed by atoms with Gasteiger partial charge >= 0.3 is 0 Å². The Kier molecular flexibility index (Phi) is 3.44. The van der Waals surface area contributed by atoms with Gasteiger partial charge in [-0.05, 0) is 12.8 Å². The van der Waals surface area contributed by atoms with E-state index in [9.17, 15) is 4.39 Å². The predicted molar refractivity (Wildman–Crippen MR) is 67.0 cm³/mol. The average molecular weight is 279 g/mol. The van der Waals surface area contributed by atoms with Crippen molar-refractivity contribution in [1.82, 2.24) is 20.1 Å². The molecule has 1 aliphatic carbocycles. The number of hydrogen-bond donors (Lipinski definition) is 1. The lowest BCUT2D eigenvalue weighted by Gasteiger charge is -2.05. The van der Waals surface area contributed by atoms with Crippen molar-refractivity contribution >= 4 is 5.95 Å². The summed E-state index contributed by atoms with van der Waals surface area (Å²) in [6, 6.07) is 0. The van der Waals surface area contributed by atoms with Crippen LogP contribution in [0.5, 0.6) is 5.88 Å². The van der Waals surface area contributed by atoms with E-state index in [1.807, 2.05) is 0 Å². The highest BCUT2D eigenvalue weighted by Gasteiger charge is 2.28. The first-order chi connectivity index (χ1) is 9.76. The standard InChI is InChI=1S/C12H14FN5O2/c1-19-11-8(13)6-15-12(17-11)14-5-4-9-16-10(18-20-9)7-2-3-7/h6-7H,2-5H2,1H3,(H,14,15,17). The van der Waals surface area contributed by atoms with Gasteiger partial charge < -0.3 is 14.6 Å². The zero-order valence-electron chi connectivity index (χ0n) is 11.0. The molecule has 20 heavy (non-hydrogen) atoms. The summed E-state index contributed by atoms with van der Waals surface area (Å²) in [5.74, 6) is 1.46. The Morgan fingerprint density at radius 3 is 3.05 bits per heavy atom. The van der Waals surface area contributed by atoms with E-state index >= 15 is 0 Å². The molecule has 0 unspecified atom stereocenters. The summed E-state index contributed by atoms with van der Waals surface area (Å²) >= 11 is 0. The van der Waals surface area contributed by atoms with Gasteiger partial charge in [-0.25, -0.2) is 4.98 Å². The van der Waals surface area contributed by atoms with E-state index in [-0.39, 0.29) is 5.88 Å². The monoisotopic (exact) mass is 279 g/mol. The molecule has 106 valence electrons. The van der Waals surface area contributed by atoms with Gasteiger partial charge in [0.25, 0.3) is 5.88 Å². The van der Waals surface area contributed by atoms with Gasteiger partial charge in [-0.15, -0.1) is 0 Å². The SMILES string of the molecule is COc1nc(NCCc2nc(C3CC3)no2)ncc1F. The Bertz CT molecular complexity index is 599. The van der Waals surface area contributed by atoms with E-state index in [0.29, 0.717) is 30.7 Å². The molecule has 1 fully saturated rings. The first-order valence-corrected chi connectivity index (χ1v) is 6.39. The van der Waals surface area contributed by atoms with Gasteiger partial charge in [0.05, 0.1) is 13.3 Å². The second-order valence-corrected chi connectivity index (χ2v) is 4.55. The molecular formula is C12H14FN5O2. The van der Waals surface area contributed by atoms with Crippen LogP contribution in [0, 0.1) is 5.82 Å². The van der Waals surface area contributed by atoms with E-state index in [2.05, 4.69) is 25.4 Å². The van der Waals surface area contributed by atoms with Gasteiger partial charge in [-0.3, -0.25) is 0 Å². The maximum Gasteiger partial charge on any atom is 0.255 e. The van der Waals surface area contributed by atoms with Crippen LogP contribution < -0.4 is 10.1 Å². The number of ether oxygens (including phenoxy) is 1. The fourth-order valence-electron chi connectivity index (χ4n) is 1.74. The van der Waals surface area contributed by atoms with E-state index in [0.717, 1.165) is 24.9 Å². The molecule has 1 N–H and O–H groups in total. The Balaban J connectivity index is 1.53. The number of nitrogens with zero attached hydrogens (tertiary/aromatic N) is 4. The molecule has 1 saturated carbocycles. The second-order valence-electron chi connectivity index (χ2n) is 4.55. The van der Waals surface area contributed by atoms with E-state index in [4.69, 9.17) is 9.26 Å². The normalized spacial score (nSPS) is 14.3. The molecule has 0 amide bonds. The molecule has 0 bridgehead atoms. The molecule has 0 spiro atoms. The van der Waals surface area contributed by atoms with E-state index in [1.165, 1.54) is 7.11 Å². The highest BCUT2D eigenvalue weighted by atomic mass is 19.1. The minimum Gasteiger partial charge on any atom is -0.479 e. The molecule has 8 heteroatoms. The number of nitrogens with one attached hydrogen (secondary N) is 1. The minimum absolute atomic E-state index is 0.0868. The fourth-order valence-corrected chi connectivity index (χ4v) is 1.74. The van der Waals surface area contributed by atoms with Crippen molar-refractivity contribution in [2.45, 2.75) is 25.2 Å². The van der Waals surface area contributed by atoms with Gasteiger partial charge in [-0.1, -0.05) is 5.16 Å². The lowest BCUT2D eigenvalue weighted by atomic mass is 10.4. The van der Waals surface area contributed by atoms with Crippen LogP contribution in [-0.4, -0.2) is 33.8 Å². The number of anilines is 1. The molecule has 1 aliphatic rings. The largest absolute Gasteiger partial charge is 0.479 e. The highest BCUT2D eigenvalue weighted by Crippen LogP contribution is 2.38. The Hall–Kier alpha value is -2.25. The molecule has 0 saturated heterocycles. The van der Waals surface area contributed by atoms with Crippen molar-refractivity contribution in [2.24, 2.45) is 0 Å². The molecule has 0 aliphatic heterocycles. The fraction of sp³-hybridized carbons (Fsp3) is 0.500. The summed E-state index contributed by atoms with van der Waals surface area (Å²) in [5.41, 5.74) is 0. The van der Waals surface area contributed by atoms with Crippen LogP contribution in [0.3, 0.4) is 0 Å². The highest BCUT2D eigenvalue weighted by molar-refractivity contribution is 5.28. The molecule has 7 nitrogen and oxygen atoms in total. The first kappa shape index (κ1) is 12.8. The summed E-state index contributed by atoms with van der Waals surface area (Å²) in [6.45, 7) is 0.515. The first-order valence-electron chi connectivity index (χ1n) is 6.39. The smallest absolute Gasteiger partial charge is 0.255 e. The third kappa shape index (κ3) is 2.84. The molecule has 0 aromatic carbocycles. The van der Waals surface area contributed by atoms with Crippen LogP contribution in [0.15, 0.2) is 10.7 Å². The van der Waals surface area contributed by atoms with Crippen LogP contribution in [0.1, 0.15) is 30.5 Å². The summed E-state index contributed by atoms with van der Waals surface area (Å²) < 4.78 is 23.1. The maximum atomic E-state index is 13.1. The van der Waals surface area contributed by atoms with Crippen LogP contribution in [0.25, 0.3) is 0 Å². The van der Waals surface area contributed by atoms with E-state index in [1.54, 1.807) is 0 Å². The third-order valence-corrected chi connectivity index (χ3v) is 2.95. The van der Waals surface area contributed by atoms with Crippen molar-refractivity contribution in [2.75, 3.05) is 19.0 Å². The summed E-state index contributed by atoms with van der Waals surface area (Å²) in [5, 5.41) is 6.88. The number of hydrogen-bond acceptors (Lipinski definition) is 7. The molecule has 3 rings (SSSR count). The molecule has 0 radical (unpaired) electrons. The number of methoxy groups -OCH3 is 1. The van der Waals surface area contributed by atoms with Gasteiger partial charge in [0.2, 0.25) is 17.7 Å². The maximum absolute atomic E-state index is 13.1. The molecular weight excluding hydrogens is 265 g/mol. The Morgan fingerprint density at radius 2 is 2.30 bits per heavy atom. The molecule has 2 aromatic heterocycles. The van der Waals surface area contributed by atoms with Crippen LogP contribution in [-0.2, 0) is 6.42 Å². The summed E-state index contributed by atoms with van der Waals surface area (Å²) in [7, 11) is 1.35. The van der Waals surface area contributed by atoms with Crippen LogP contribution >= 0.6 is 0 Å². The van der Waals surface area contributed by atoms with Gasteiger partial charge in [0.15, 0.2) is 5.82 Å². The topological polar surface area (TPSA) is 86.0 Å². The quantitative estimate of drug-likeness (QED) is 0.858. The van der Waals surface area contributed by atoms with Crippen molar-refractivity contribution in [3.63, 3.8) is 0 Å². The Morgan fingerprint density at radius 1 is 1.45 bits per heavy atom. The predicted octanol–water partition coefficient (Wildman–Crippen LogP) is 1.54. The van der Waals surface area contributed by atoms with Gasteiger partial charge in [0, 0.05) is 18.9 Å². The van der Waals surface area contributed by atoms with E-state index < -0.39 is 5.82 Å². The lowest BCUT2D eigenvalue weighted by Crippen LogP contribution is -2.09. The van der Waals surface area contributed by atoms with Crippen molar-refractivity contribution in [3.8, 4) is 5.88 Å². The zero-order valence-corrected chi connectivity index (χ0v) is 11.0. The minimum atomic E-state index is -0.593. The summed E-state index contributed by atoms with van der Waals surface area (Å²) in [4.78, 5) is 12.0. The van der Waals surface area contributed by atoms with Gasteiger partial charge in [-0.2, -0.15) is 14.4 Å². The van der Waals surface area contributed by atoms with Crippen molar-refractivity contribution < 1.29 is 13.7 Å². The van der Waals surface area contributed by atoms with Crippen LogP contribution in [0.2, 0.25) is 0 Å². The van der Waals surface area contributed by atoms with Gasteiger partial charge in [0.1, 0.15) is 0 Å². The van der Waals surface area contributed by atoms with Crippen molar-refractivity contribution in [3.05, 3.63) is 23.7 Å². The molecule has 2 aromatic rings. The van der Waals surface area contributed by atoms with Crippen molar-refractivity contribution in [1.29, 1.82) is 0 Å². The molecule has 0 atom stereocenters. The zero-order chi connectivity index (χ0) is 13.9. The summed E-state index contributed by atoms with van der Waals surface area (Å²) in [6.07, 6.45) is 3.90. The number of rotatable bonds is 6. The molecule has 2 heterocycles. The number of halogens is 1. The average Bonchev–Trinajstić information content (AvgIpc) is 3.21. The lowest BCUT2D eigenvalue weighted by molar-refractivity contribution is 0.367. The second kappa shape index (κ2) is 5.40. The number of aromatic nitrogens is 4.